The van der Waals surface area contributed by atoms with Gasteiger partial charge in [0.05, 0.1) is 18.0 Å². The second-order valence-corrected chi connectivity index (χ2v) is 7.60. The van der Waals surface area contributed by atoms with Crippen molar-refractivity contribution in [2.24, 2.45) is 0 Å². The summed E-state index contributed by atoms with van der Waals surface area (Å²) in [6.45, 7) is 0. The number of rotatable bonds is 3. The highest BCUT2D eigenvalue weighted by Gasteiger charge is 2.31. The van der Waals surface area contributed by atoms with Gasteiger partial charge in [0.15, 0.2) is 11.3 Å². The maximum Gasteiger partial charge on any atom is 0.208 e. The lowest BCUT2D eigenvalue weighted by Gasteiger charge is -2.11. The van der Waals surface area contributed by atoms with Crippen LogP contribution in [-0.2, 0) is 10.0 Å². The highest BCUT2D eigenvalue weighted by Crippen LogP contribution is 2.34. The van der Waals surface area contributed by atoms with Gasteiger partial charge in [0.2, 0.25) is 10.0 Å². The standard InChI is InChI=1S/C13H16N6O2S/c1-22(20,21)18-9-3-2-8(6-9)13-17-16-11-7-15-12-10(19(11)13)4-5-14-12/h4-5,7-9,14,18H,2-3,6H2,1H3/t8-,9+/m1/s1. The molecule has 0 amide bonds. The second kappa shape index (κ2) is 4.75. The molecule has 4 rings (SSSR count). The molecule has 22 heavy (non-hydrogen) atoms. The third kappa shape index (κ3) is 2.26. The van der Waals surface area contributed by atoms with Crippen LogP contribution in [0, 0.1) is 0 Å². The van der Waals surface area contributed by atoms with Crippen LogP contribution in [0.1, 0.15) is 31.0 Å². The molecule has 3 heterocycles. The lowest BCUT2D eigenvalue weighted by molar-refractivity contribution is 0.552. The minimum Gasteiger partial charge on any atom is -0.345 e. The van der Waals surface area contributed by atoms with Crippen LogP contribution in [0.3, 0.4) is 0 Å². The summed E-state index contributed by atoms with van der Waals surface area (Å²) in [6, 6.07) is 1.92. The summed E-state index contributed by atoms with van der Waals surface area (Å²) >= 11 is 0. The van der Waals surface area contributed by atoms with Crippen molar-refractivity contribution in [3.63, 3.8) is 0 Å². The minimum atomic E-state index is -3.18. The number of nitrogens with one attached hydrogen (secondary N) is 2. The number of aromatic nitrogens is 5. The Labute approximate surface area is 127 Å². The molecular formula is C13H16N6O2S. The van der Waals surface area contributed by atoms with Crippen LogP contribution < -0.4 is 4.72 Å². The predicted molar refractivity (Wildman–Crippen MR) is 81.0 cm³/mol. The highest BCUT2D eigenvalue weighted by molar-refractivity contribution is 7.88. The molecule has 0 aliphatic heterocycles. The third-order valence-corrected chi connectivity index (χ3v) is 4.91. The highest BCUT2D eigenvalue weighted by atomic mass is 32.2. The first-order valence-corrected chi connectivity index (χ1v) is 9.05. The monoisotopic (exact) mass is 320 g/mol. The molecule has 2 atom stereocenters. The topological polar surface area (TPSA) is 105 Å². The number of hydrogen-bond acceptors (Lipinski definition) is 5. The van der Waals surface area contributed by atoms with Crippen molar-refractivity contribution < 1.29 is 8.42 Å². The van der Waals surface area contributed by atoms with Crippen molar-refractivity contribution in [1.82, 2.24) is 29.3 Å². The molecule has 9 heteroatoms. The van der Waals surface area contributed by atoms with Crippen LogP contribution in [0.15, 0.2) is 18.5 Å². The molecule has 116 valence electrons. The Kier molecular flexibility index (Phi) is 2.95. The first kappa shape index (κ1) is 13.6. The van der Waals surface area contributed by atoms with Gasteiger partial charge in [-0.2, -0.15) is 0 Å². The molecule has 2 N–H and O–H groups in total. The summed E-state index contributed by atoms with van der Waals surface area (Å²) in [4.78, 5) is 7.38. The second-order valence-electron chi connectivity index (χ2n) is 5.82. The van der Waals surface area contributed by atoms with Gasteiger partial charge in [-0.05, 0) is 25.3 Å². The number of H-pyrrole nitrogens is 1. The van der Waals surface area contributed by atoms with Crippen molar-refractivity contribution in [3.05, 3.63) is 24.3 Å². The Morgan fingerprint density at radius 1 is 1.36 bits per heavy atom. The van der Waals surface area contributed by atoms with Crippen LogP contribution in [0.5, 0.6) is 0 Å². The zero-order valence-corrected chi connectivity index (χ0v) is 12.8. The zero-order valence-electron chi connectivity index (χ0n) is 12.0. The number of aromatic amines is 1. The molecule has 1 saturated carbocycles. The Morgan fingerprint density at radius 2 is 2.23 bits per heavy atom. The normalized spacial score (nSPS) is 22.8. The van der Waals surface area contributed by atoms with E-state index in [9.17, 15) is 8.42 Å². The Hall–Kier alpha value is -2.00. The zero-order chi connectivity index (χ0) is 15.3. The molecule has 0 radical (unpaired) electrons. The van der Waals surface area contributed by atoms with Crippen LogP contribution in [0.25, 0.3) is 16.8 Å². The molecule has 0 saturated heterocycles. The summed E-state index contributed by atoms with van der Waals surface area (Å²) in [7, 11) is -3.18. The first-order valence-electron chi connectivity index (χ1n) is 7.16. The Balaban J connectivity index is 1.71. The predicted octanol–water partition coefficient (Wildman–Crippen LogP) is 0.791. The largest absolute Gasteiger partial charge is 0.345 e. The lowest BCUT2D eigenvalue weighted by Crippen LogP contribution is -2.31. The van der Waals surface area contributed by atoms with Crippen LogP contribution >= 0.6 is 0 Å². The van der Waals surface area contributed by atoms with E-state index in [0.29, 0.717) is 5.65 Å². The smallest absolute Gasteiger partial charge is 0.208 e. The molecule has 0 spiro atoms. The summed E-state index contributed by atoms with van der Waals surface area (Å²) < 4.78 is 27.4. The third-order valence-electron chi connectivity index (χ3n) is 4.15. The molecule has 1 aliphatic carbocycles. The SMILES string of the molecule is CS(=O)(=O)N[C@H]1CC[C@@H](c2nnc3cnc4[nH]ccc4n23)C1. The van der Waals surface area contributed by atoms with E-state index in [4.69, 9.17) is 0 Å². The van der Waals surface area contributed by atoms with Gasteiger partial charge >= 0.3 is 0 Å². The number of nitrogens with zero attached hydrogens (tertiary/aromatic N) is 4. The number of hydrogen-bond donors (Lipinski definition) is 2. The van der Waals surface area contributed by atoms with Gasteiger partial charge in [0.1, 0.15) is 5.82 Å². The maximum absolute atomic E-state index is 11.4. The van der Waals surface area contributed by atoms with E-state index in [2.05, 4.69) is 24.9 Å². The van der Waals surface area contributed by atoms with Gasteiger partial charge in [-0.25, -0.2) is 18.1 Å². The maximum atomic E-state index is 11.4. The summed E-state index contributed by atoms with van der Waals surface area (Å²) in [6.07, 6.45) is 7.17. The van der Waals surface area contributed by atoms with Crippen molar-refractivity contribution in [1.29, 1.82) is 0 Å². The van der Waals surface area contributed by atoms with E-state index in [0.717, 1.165) is 36.3 Å². The first-order chi connectivity index (χ1) is 10.5. The van der Waals surface area contributed by atoms with Crippen molar-refractivity contribution in [3.8, 4) is 0 Å². The van der Waals surface area contributed by atoms with Gasteiger partial charge in [-0.1, -0.05) is 0 Å². The lowest BCUT2D eigenvalue weighted by atomic mass is 10.1. The van der Waals surface area contributed by atoms with Gasteiger partial charge in [0.25, 0.3) is 0 Å². The van der Waals surface area contributed by atoms with Gasteiger partial charge < -0.3 is 4.98 Å². The van der Waals surface area contributed by atoms with Crippen LogP contribution in [0.2, 0.25) is 0 Å². The number of sulfonamides is 1. The van der Waals surface area contributed by atoms with E-state index in [1.807, 2.05) is 16.7 Å². The fraction of sp³-hybridized carbons (Fsp3) is 0.462. The van der Waals surface area contributed by atoms with Gasteiger partial charge in [-0.15, -0.1) is 10.2 Å². The summed E-state index contributed by atoms with van der Waals surface area (Å²) in [5.41, 5.74) is 2.44. The van der Waals surface area contributed by atoms with Crippen LogP contribution in [-0.4, -0.2) is 45.3 Å². The van der Waals surface area contributed by atoms with Crippen LogP contribution in [0.4, 0.5) is 0 Å². The molecule has 0 unspecified atom stereocenters. The van der Waals surface area contributed by atoms with E-state index in [-0.39, 0.29) is 12.0 Å². The van der Waals surface area contributed by atoms with Crippen molar-refractivity contribution in [2.45, 2.75) is 31.2 Å². The minimum absolute atomic E-state index is 0.0316. The Morgan fingerprint density at radius 3 is 3.05 bits per heavy atom. The molecular weight excluding hydrogens is 304 g/mol. The molecule has 0 bridgehead atoms. The average Bonchev–Trinajstić information content (AvgIpc) is 3.13. The van der Waals surface area contributed by atoms with E-state index in [1.165, 1.54) is 6.26 Å². The fourth-order valence-corrected chi connectivity index (χ4v) is 4.11. The van der Waals surface area contributed by atoms with E-state index < -0.39 is 10.0 Å². The van der Waals surface area contributed by atoms with Crippen molar-refractivity contribution in [2.75, 3.05) is 6.26 Å². The Bertz CT molecular complexity index is 944. The number of fused-ring (bicyclic) bond motifs is 3. The molecule has 1 fully saturated rings. The van der Waals surface area contributed by atoms with Crippen molar-refractivity contribution >= 4 is 26.8 Å². The summed E-state index contributed by atoms with van der Waals surface area (Å²) in [5, 5.41) is 8.51. The average molecular weight is 320 g/mol. The van der Waals surface area contributed by atoms with E-state index in [1.54, 1.807) is 6.20 Å². The fourth-order valence-electron chi connectivity index (χ4n) is 3.29. The van der Waals surface area contributed by atoms with Gasteiger partial charge in [0, 0.05) is 18.2 Å². The molecule has 0 aromatic carbocycles. The van der Waals surface area contributed by atoms with E-state index >= 15 is 0 Å². The quantitative estimate of drug-likeness (QED) is 0.742. The summed E-state index contributed by atoms with van der Waals surface area (Å²) in [5.74, 6) is 1.06. The molecule has 3 aromatic heterocycles. The van der Waals surface area contributed by atoms with Gasteiger partial charge in [-0.3, -0.25) is 4.40 Å². The molecule has 3 aromatic rings. The molecule has 8 nitrogen and oxygen atoms in total. The molecule has 1 aliphatic rings.